The molecule has 2 fully saturated rings. The molecule has 48 heavy (non-hydrogen) atoms. The van der Waals surface area contributed by atoms with Crippen LogP contribution in [0.2, 0.25) is 0 Å². The van der Waals surface area contributed by atoms with Gasteiger partial charge in [0.15, 0.2) is 0 Å². The molecule has 10 nitrogen and oxygen atoms in total. The van der Waals surface area contributed by atoms with Crippen LogP contribution in [0.3, 0.4) is 0 Å². The molecule has 0 unspecified atom stereocenters. The second kappa shape index (κ2) is 13.5. The van der Waals surface area contributed by atoms with Gasteiger partial charge in [-0.2, -0.15) is 0 Å². The molecule has 2 saturated heterocycles. The van der Waals surface area contributed by atoms with Crippen molar-refractivity contribution in [3.63, 3.8) is 0 Å². The number of nitrogens with zero attached hydrogens (tertiary/aromatic N) is 4. The lowest BCUT2D eigenvalue weighted by molar-refractivity contribution is 0.0208. The van der Waals surface area contributed by atoms with E-state index < -0.39 is 11.2 Å². The van der Waals surface area contributed by atoms with Gasteiger partial charge in [0, 0.05) is 13.1 Å². The highest BCUT2D eigenvalue weighted by Gasteiger charge is 2.36. The first-order chi connectivity index (χ1) is 22.8. The van der Waals surface area contributed by atoms with Crippen LogP contribution in [-0.4, -0.2) is 66.2 Å². The Morgan fingerprint density at radius 1 is 0.667 bits per heavy atom. The average Bonchev–Trinajstić information content (AvgIpc) is 3.85. The fourth-order valence-electron chi connectivity index (χ4n) is 6.48. The molecule has 0 aliphatic carbocycles. The highest BCUT2D eigenvalue weighted by molar-refractivity contribution is 5.70. The summed E-state index contributed by atoms with van der Waals surface area (Å²) in [4.78, 5) is 45.3. The van der Waals surface area contributed by atoms with Crippen LogP contribution in [0, 0.1) is 0 Å². The Bertz CT molecular complexity index is 1580. The Morgan fingerprint density at radius 3 is 1.40 bits per heavy atom. The van der Waals surface area contributed by atoms with Crippen molar-refractivity contribution in [1.82, 2.24) is 29.7 Å². The third-order valence-corrected chi connectivity index (χ3v) is 8.82. The summed E-state index contributed by atoms with van der Waals surface area (Å²) in [7, 11) is 0. The van der Waals surface area contributed by atoms with E-state index >= 15 is 0 Å². The second-order valence-electron chi connectivity index (χ2n) is 14.9. The van der Waals surface area contributed by atoms with Crippen molar-refractivity contribution in [2.75, 3.05) is 13.1 Å². The van der Waals surface area contributed by atoms with Crippen LogP contribution in [-0.2, 0) is 22.3 Å². The summed E-state index contributed by atoms with van der Waals surface area (Å²) in [5.41, 5.74) is 5.48. The lowest BCUT2D eigenvalue weighted by Crippen LogP contribution is -2.36. The van der Waals surface area contributed by atoms with Gasteiger partial charge in [-0.15, -0.1) is 0 Å². The van der Waals surface area contributed by atoms with Gasteiger partial charge in [-0.1, -0.05) is 48.5 Å². The predicted octanol–water partition coefficient (Wildman–Crippen LogP) is 8.40. The number of aromatic amines is 2. The normalized spacial score (nSPS) is 18.4. The first-order valence-corrected chi connectivity index (χ1v) is 17.1. The van der Waals surface area contributed by atoms with Gasteiger partial charge in [0.2, 0.25) is 0 Å². The van der Waals surface area contributed by atoms with E-state index in [0.29, 0.717) is 13.1 Å². The SMILES string of the molecule is CC(C)(C)OC(=O)N1CCC[C@H]1c1ncc(-c2ccc(CCc3ccc(-c4cnc([C@@H]5CCCN5C(=O)OC(C)(C)C)[nH]4)cc3)cc2)[nH]1. The van der Waals surface area contributed by atoms with Crippen molar-refractivity contribution in [1.29, 1.82) is 0 Å². The van der Waals surface area contributed by atoms with E-state index in [4.69, 9.17) is 9.47 Å². The molecule has 2 aliphatic rings. The van der Waals surface area contributed by atoms with E-state index in [2.05, 4.69) is 68.5 Å². The van der Waals surface area contributed by atoms with E-state index in [-0.39, 0.29) is 24.3 Å². The highest BCUT2D eigenvalue weighted by Crippen LogP contribution is 2.34. The zero-order valence-corrected chi connectivity index (χ0v) is 29.0. The van der Waals surface area contributed by atoms with Gasteiger partial charge < -0.3 is 19.4 Å². The Balaban J connectivity index is 1.03. The maximum Gasteiger partial charge on any atom is 0.410 e. The molecule has 0 spiro atoms. The van der Waals surface area contributed by atoms with Gasteiger partial charge in [-0.05, 0) is 102 Å². The number of ether oxygens (including phenoxy) is 2. The quantitative estimate of drug-likeness (QED) is 0.207. The number of hydrogen-bond donors (Lipinski definition) is 2. The Morgan fingerprint density at radius 2 is 1.04 bits per heavy atom. The van der Waals surface area contributed by atoms with Gasteiger partial charge in [0.05, 0.1) is 35.9 Å². The molecule has 6 rings (SSSR count). The fourth-order valence-corrected chi connectivity index (χ4v) is 6.48. The van der Waals surface area contributed by atoms with Crippen LogP contribution >= 0.6 is 0 Å². The molecule has 2 N–H and O–H groups in total. The van der Waals surface area contributed by atoms with Gasteiger partial charge in [-0.3, -0.25) is 9.80 Å². The maximum absolute atomic E-state index is 12.8. The Hall–Kier alpha value is -4.60. The molecular weight excluding hydrogens is 604 g/mol. The molecule has 0 radical (unpaired) electrons. The topological polar surface area (TPSA) is 116 Å². The van der Waals surface area contributed by atoms with E-state index in [0.717, 1.165) is 72.7 Å². The Labute approximate surface area is 283 Å². The molecule has 2 aliphatic heterocycles. The number of aryl methyl sites for hydroxylation is 2. The van der Waals surface area contributed by atoms with Crippen LogP contribution in [0.15, 0.2) is 60.9 Å². The molecule has 4 heterocycles. The minimum Gasteiger partial charge on any atom is -0.444 e. The molecule has 2 amide bonds. The van der Waals surface area contributed by atoms with Crippen LogP contribution in [0.1, 0.15) is 102 Å². The molecule has 2 atom stereocenters. The number of likely N-dealkylation sites (tertiary alicyclic amines) is 2. The van der Waals surface area contributed by atoms with Gasteiger partial charge in [0.25, 0.3) is 0 Å². The average molecular weight is 653 g/mol. The highest BCUT2D eigenvalue weighted by atomic mass is 16.6. The fraction of sp³-hybridized carbons (Fsp3) is 0.474. The monoisotopic (exact) mass is 652 g/mol. The van der Waals surface area contributed by atoms with E-state index in [1.54, 1.807) is 9.80 Å². The summed E-state index contributed by atoms with van der Waals surface area (Å²) in [6.45, 7) is 12.7. The summed E-state index contributed by atoms with van der Waals surface area (Å²) >= 11 is 0. The summed E-state index contributed by atoms with van der Waals surface area (Å²) < 4.78 is 11.3. The molecule has 10 heteroatoms. The number of nitrogens with one attached hydrogen (secondary N) is 2. The minimum atomic E-state index is -0.529. The molecule has 0 saturated carbocycles. The molecule has 254 valence electrons. The van der Waals surface area contributed by atoms with Crippen LogP contribution in [0.4, 0.5) is 9.59 Å². The van der Waals surface area contributed by atoms with E-state index in [9.17, 15) is 9.59 Å². The third-order valence-electron chi connectivity index (χ3n) is 8.82. The van der Waals surface area contributed by atoms with Crippen LogP contribution in [0.25, 0.3) is 22.5 Å². The van der Waals surface area contributed by atoms with Crippen molar-refractivity contribution in [3.05, 3.63) is 83.7 Å². The number of carbonyl (C=O) groups is 2. The number of rotatable bonds is 7. The van der Waals surface area contributed by atoms with Crippen molar-refractivity contribution < 1.29 is 19.1 Å². The minimum absolute atomic E-state index is 0.101. The number of imidazole rings is 2. The van der Waals surface area contributed by atoms with E-state index in [1.165, 1.54) is 11.1 Å². The second-order valence-corrected chi connectivity index (χ2v) is 14.9. The number of benzene rings is 2. The summed E-state index contributed by atoms with van der Waals surface area (Å²) in [5, 5.41) is 0. The smallest absolute Gasteiger partial charge is 0.410 e. The first kappa shape index (κ1) is 33.3. The maximum atomic E-state index is 12.8. The number of H-pyrrole nitrogens is 2. The summed E-state index contributed by atoms with van der Waals surface area (Å²) in [6.07, 6.45) is 8.57. The van der Waals surface area contributed by atoms with Gasteiger partial charge >= 0.3 is 12.2 Å². The molecule has 2 aromatic heterocycles. The number of carbonyl (C=O) groups excluding carboxylic acids is 2. The van der Waals surface area contributed by atoms with Crippen LogP contribution < -0.4 is 0 Å². The number of amides is 2. The summed E-state index contributed by atoms with van der Waals surface area (Å²) in [6, 6.07) is 17.0. The third kappa shape index (κ3) is 7.91. The lowest BCUT2D eigenvalue weighted by atomic mass is 10.0. The molecular formula is C38H48N6O4. The molecule has 4 aromatic rings. The standard InChI is InChI=1S/C38H48N6O4/c1-37(2,3)47-35(45)43-21-7-9-31(43)33-39-23-29(41-33)27-17-13-25(14-18-27)11-12-26-15-19-28(20-16-26)30-24-40-34(42-30)32-10-8-22-44(32)36(46)48-38(4,5)6/h13-20,23-24,31-32H,7-12,21-22H2,1-6H3,(H,39,41)(H,40,42)/t31-,32-/m0/s1. The summed E-state index contributed by atoms with van der Waals surface area (Å²) in [5.74, 6) is 1.60. The number of hydrogen-bond acceptors (Lipinski definition) is 6. The number of aromatic nitrogens is 4. The molecule has 2 aromatic carbocycles. The van der Waals surface area contributed by atoms with Crippen molar-refractivity contribution in [2.45, 2.75) is 103 Å². The van der Waals surface area contributed by atoms with Crippen molar-refractivity contribution in [2.24, 2.45) is 0 Å². The Kier molecular flexibility index (Phi) is 9.36. The zero-order valence-electron chi connectivity index (χ0n) is 29.0. The predicted molar refractivity (Wildman–Crippen MR) is 185 cm³/mol. The van der Waals surface area contributed by atoms with Crippen LogP contribution in [0.5, 0.6) is 0 Å². The zero-order chi connectivity index (χ0) is 34.1. The lowest BCUT2D eigenvalue weighted by Gasteiger charge is -2.27. The largest absolute Gasteiger partial charge is 0.444 e. The van der Waals surface area contributed by atoms with Crippen molar-refractivity contribution in [3.8, 4) is 22.5 Å². The van der Waals surface area contributed by atoms with Crippen molar-refractivity contribution >= 4 is 12.2 Å². The first-order valence-electron chi connectivity index (χ1n) is 17.1. The molecule has 0 bridgehead atoms. The van der Waals surface area contributed by atoms with E-state index in [1.807, 2.05) is 53.9 Å². The van der Waals surface area contributed by atoms with Gasteiger partial charge in [0.1, 0.15) is 22.9 Å². The van der Waals surface area contributed by atoms with Gasteiger partial charge in [-0.25, -0.2) is 19.6 Å².